The van der Waals surface area contributed by atoms with Crippen molar-refractivity contribution in [1.82, 2.24) is 0 Å². The van der Waals surface area contributed by atoms with E-state index in [4.69, 9.17) is 0 Å². The molecule has 78 valence electrons. The smallest absolute Gasteiger partial charge is 0.0121 e. The zero-order valence-electron chi connectivity index (χ0n) is 9.11. The molecule has 0 aliphatic carbocycles. The standard InChI is InChI=1S/C13H20S/c1-11-7-6-8-12(2)14(11)13-9-4-3-5-10-13/h3-5,9-12,14H,6-8H2,1-2H3. The van der Waals surface area contributed by atoms with Crippen molar-refractivity contribution in [1.29, 1.82) is 0 Å². The molecule has 0 aromatic heterocycles. The Morgan fingerprint density at radius 1 is 1.00 bits per heavy atom. The Bertz CT molecular complexity index is 271. The molecule has 0 saturated carbocycles. The lowest BCUT2D eigenvalue weighted by molar-refractivity contribution is 0.633. The van der Waals surface area contributed by atoms with Gasteiger partial charge in [0, 0.05) is 0 Å². The molecule has 0 bridgehead atoms. The molecule has 1 aliphatic heterocycles. The summed E-state index contributed by atoms with van der Waals surface area (Å²) in [6, 6.07) is 11.1. The summed E-state index contributed by atoms with van der Waals surface area (Å²) in [7, 11) is 0.111. The minimum absolute atomic E-state index is 0.111. The predicted molar refractivity (Wildman–Crippen MR) is 66.5 cm³/mol. The molecule has 1 saturated heterocycles. The van der Waals surface area contributed by atoms with E-state index in [0.717, 1.165) is 10.5 Å². The van der Waals surface area contributed by atoms with Crippen LogP contribution in [0, 0.1) is 0 Å². The van der Waals surface area contributed by atoms with Gasteiger partial charge >= 0.3 is 0 Å². The zero-order chi connectivity index (χ0) is 9.97. The number of benzene rings is 1. The predicted octanol–water partition coefficient (Wildman–Crippen LogP) is 4.01. The van der Waals surface area contributed by atoms with Gasteiger partial charge in [0.1, 0.15) is 0 Å². The molecule has 1 aliphatic rings. The van der Waals surface area contributed by atoms with Crippen molar-refractivity contribution in [3.05, 3.63) is 30.3 Å². The van der Waals surface area contributed by atoms with E-state index in [0.29, 0.717) is 0 Å². The molecule has 0 nitrogen and oxygen atoms in total. The van der Waals surface area contributed by atoms with Gasteiger partial charge in [0.15, 0.2) is 0 Å². The Morgan fingerprint density at radius 3 is 2.14 bits per heavy atom. The third kappa shape index (κ3) is 1.98. The van der Waals surface area contributed by atoms with E-state index in [2.05, 4.69) is 44.2 Å². The van der Waals surface area contributed by atoms with Crippen LogP contribution in [0.4, 0.5) is 0 Å². The van der Waals surface area contributed by atoms with Gasteiger partial charge in [-0.2, -0.15) is 0 Å². The van der Waals surface area contributed by atoms with Crippen molar-refractivity contribution in [2.75, 3.05) is 0 Å². The van der Waals surface area contributed by atoms with Crippen LogP contribution in [0.1, 0.15) is 33.1 Å². The Kier molecular flexibility index (Phi) is 3.17. The minimum atomic E-state index is 0.111. The van der Waals surface area contributed by atoms with Gasteiger partial charge < -0.3 is 0 Å². The van der Waals surface area contributed by atoms with Crippen molar-refractivity contribution >= 4 is 10.9 Å². The van der Waals surface area contributed by atoms with Crippen LogP contribution < -0.4 is 0 Å². The molecule has 14 heavy (non-hydrogen) atoms. The molecule has 0 amide bonds. The van der Waals surface area contributed by atoms with Crippen LogP contribution in [0.2, 0.25) is 0 Å². The van der Waals surface area contributed by atoms with Crippen molar-refractivity contribution in [2.24, 2.45) is 0 Å². The maximum atomic E-state index is 2.44. The second kappa shape index (κ2) is 4.39. The van der Waals surface area contributed by atoms with Crippen LogP contribution in [0.3, 0.4) is 0 Å². The molecule has 0 radical (unpaired) electrons. The van der Waals surface area contributed by atoms with E-state index < -0.39 is 0 Å². The number of hydrogen-bond donors (Lipinski definition) is 1. The van der Waals surface area contributed by atoms with Crippen molar-refractivity contribution in [3.63, 3.8) is 0 Å². The highest BCUT2D eigenvalue weighted by molar-refractivity contribution is 8.18. The van der Waals surface area contributed by atoms with Gasteiger partial charge in [-0.15, -0.1) is 0 Å². The summed E-state index contributed by atoms with van der Waals surface area (Å²) >= 11 is 0. The SMILES string of the molecule is CC1CCCC(C)[SH]1c1ccccc1. The quantitative estimate of drug-likeness (QED) is 0.662. The molecule has 2 rings (SSSR count). The number of hydrogen-bond acceptors (Lipinski definition) is 0. The highest BCUT2D eigenvalue weighted by Gasteiger charge is 2.24. The molecule has 1 heterocycles. The average molecular weight is 208 g/mol. The average Bonchev–Trinajstić information content (AvgIpc) is 2.19. The van der Waals surface area contributed by atoms with E-state index >= 15 is 0 Å². The van der Waals surface area contributed by atoms with Gasteiger partial charge in [0.05, 0.1) is 0 Å². The summed E-state index contributed by atoms with van der Waals surface area (Å²) in [5.41, 5.74) is 0. The van der Waals surface area contributed by atoms with Crippen LogP contribution in [0.5, 0.6) is 0 Å². The Balaban J connectivity index is 2.23. The molecular formula is C13H20S. The number of rotatable bonds is 1. The molecule has 1 heteroatoms. The lowest BCUT2D eigenvalue weighted by atomic mass is 10.1. The van der Waals surface area contributed by atoms with Crippen LogP contribution in [0.25, 0.3) is 0 Å². The second-order valence-electron chi connectivity index (χ2n) is 4.37. The summed E-state index contributed by atoms with van der Waals surface area (Å²) in [6.45, 7) is 4.88. The first kappa shape index (κ1) is 10.1. The monoisotopic (exact) mass is 208 g/mol. The zero-order valence-corrected chi connectivity index (χ0v) is 10.0. The van der Waals surface area contributed by atoms with Crippen molar-refractivity contribution < 1.29 is 0 Å². The highest BCUT2D eigenvalue weighted by Crippen LogP contribution is 2.51. The number of thiol groups is 1. The highest BCUT2D eigenvalue weighted by atomic mass is 32.2. The largest absolute Gasteiger partial charge is 0.222 e. The van der Waals surface area contributed by atoms with Crippen molar-refractivity contribution in [2.45, 2.75) is 48.5 Å². The van der Waals surface area contributed by atoms with Crippen LogP contribution in [0.15, 0.2) is 35.2 Å². The summed E-state index contributed by atoms with van der Waals surface area (Å²) in [4.78, 5) is 1.61. The lowest BCUT2D eigenvalue weighted by Gasteiger charge is -2.38. The molecule has 1 fully saturated rings. The summed E-state index contributed by atoms with van der Waals surface area (Å²) in [6.07, 6.45) is 4.31. The van der Waals surface area contributed by atoms with Gasteiger partial charge in [-0.25, -0.2) is 10.9 Å². The topological polar surface area (TPSA) is 0 Å². The molecule has 1 aromatic carbocycles. The van der Waals surface area contributed by atoms with Gasteiger partial charge in [-0.05, 0) is 28.2 Å². The van der Waals surface area contributed by atoms with E-state index in [1.54, 1.807) is 4.90 Å². The van der Waals surface area contributed by atoms with Gasteiger partial charge in [0.2, 0.25) is 0 Å². The van der Waals surface area contributed by atoms with Gasteiger partial charge in [-0.3, -0.25) is 0 Å². The maximum absolute atomic E-state index is 2.44. The second-order valence-corrected chi connectivity index (χ2v) is 7.47. The first-order valence-electron chi connectivity index (χ1n) is 5.62. The Morgan fingerprint density at radius 2 is 1.57 bits per heavy atom. The minimum Gasteiger partial charge on any atom is -0.222 e. The van der Waals surface area contributed by atoms with Gasteiger partial charge in [-0.1, -0.05) is 50.6 Å². The van der Waals surface area contributed by atoms with Crippen LogP contribution in [-0.2, 0) is 0 Å². The van der Waals surface area contributed by atoms with Crippen molar-refractivity contribution in [3.8, 4) is 0 Å². The maximum Gasteiger partial charge on any atom is -0.0121 e. The van der Waals surface area contributed by atoms with Crippen LogP contribution in [-0.4, -0.2) is 10.5 Å². The molecule has 2 atom stereocenters. The summed E-state index contributed by atoms with van der Waals surface area (Å²) < 4.78 is 0. The summed E-state index contributed by atoms with van der Waals surface area (Å²) in [5, 5.41) is 1.85. The van der Waals surface area contributed by atoms with E-state index in [9.17, 15) is 0 Å². The first-order chi connectivity index (χ1) is 6.79. The fraction of sp³-hybridized carbons (Fsp3) is 0.538. The molecular weight excluding hydrogens is 188 g/mol. The fourth-order valence-electron chi connectivity index (χ4n) is 2.53. The molecule has 2 unspecified atom stereocenters. The molecule has 0 N–H and O–H groups in total. The fourth-order valence-corrected chi connectivity index (χ4v) is 5.86. The molecule has 0 spiro atoms. The third-order valence-electron chi connectivity index (χ3n) is 3.25. The Labute approximate surface area is 90.1 Å². The normalized spacial score (nSPS) is 35.4. The van der Waals surface area contributed by atoms with Crippen LogP contribution >= 0.6 is 10.9 Å². The lowest BCUT2D eigenvalue weighted by Crippen LogP contribution is -2.19. The third-order valence-corrected chi connectivity index (χ3v) is 6.56. The first-order valence-corrected chi connectivity index (χ1v) is 7.10. The van der Waals surface area contributed by atoms with Gasteiger partial charge in [0.25, 0.3) is 0 Å². The van der Waals surface area contributed by atoms with E-state index in [1.165, 1.54) is 19.3 Å². The van der Waals surface area contributed by atoms with E-state index in [-0.39, 0.29) is 10.9 Å². The summed E-state index contributed by atoms with van der Waals surface area (Å²) in [5.74, 6) is 0. The Hall–Kier alpha value is -0.430. The molecule has 1 aromatic rings. The van der Waals surface area contributed by atoms with E-state index in [1.807, 2.05) is 0 Å².